The number of pyridine rings is 1. The Bertz CT molecular complexity index is 1270. The number of aromatic nitrogens is 3. The summed E-state index contributed by atoms with van der Waals surface area (Å²) in [6.07, 6.45) is 1.75. The van der Waals surface area contributed by atoms with Crippen molar-refractivity contribution < 1.29 is 18.5 Å². The van der Waals surface area contributed by atoms with Gasteiger partial charge in [-0.05, 0) is 24.3 Å². The Morgan fingerprint density at radius 2 is 1.94 bits per heavy atom. The minimum atomic E-state index is -0.116. The normalized spacial score (nSPS) is 14.3. The molecule has 33 heavy (non-hydrogen) atoms. The molecule has 1 amide bonds. The Hall–Kier alpha value is -3.88. The van der Waals surface area contributed by atoms with Gasteiger partial charge in [0.1, 0.15) is 5.82 Å². The molecular formula is C24H25N5O4. The molecular weight excluding hydrogens is 422 g/mol. The summed E-state index contributed by atoms with van der Waals surface area (Å²) in [6, 6.07) is 11.3. The number of nitrogens with zero attached hydrogens (tertiary/aromatic N) is 5. The molecule has 0 bridgehead atoms. The molecule has 1 fully saturated rings. The van der Waals surface area contributed by atoms with Gasteiger partial charge >= 0.3 is 0 Å². The molecule has 9 heteroatoms. The fourth-order valence-electron chi connectivity index (χ4n) is 3.89. The van der Waals surface area contributed by atoms with E-state index in [0.29, 0.717) is 55.0 Å². The van der Waals surface area contributed by atoms with Crippen LogP contribution in [-0.4, -0.2) is 59.2 Å². The van der Waals surface area contributed by atoms with Crippen molar-refractivity contribution in [3.05, 3.63) is 54.2 Å². The van der Waals surface area contributed by atoms with E-state index >= 15 is 0 Å². The lowest BCUT2D eigenvalue weighted by Gasteiger charge is -2.35. The highest BCUT2D eigenvalue weighted by molar-refractivity contribution is 5.97. The molecule has 0 saturated carbocycles. The van der Waals surface area contributed by atoms with Crippen LogP contribution in [0.3, 0.4) is 0 Å². The molecule has 4 aromatic rings. The van der Waals surface area contributed by atoms with E-state index in [4.69, 9.17) is 13.7 Å². The lowest BCUT2D eigenvalue weighted by atomic mass is 10.2. The summed E-state index contributed by atoms with van der Waals surface area (Å²) in [5.74, 6) is 3.01. The number of amides is 1. The lowest BCUT2D eigenvalue weighted by Crippen LogP contribution is -2.49. The van der Waals surface area contributed by atoms with Crippen LogP contribution in [0.25, 0.3) is 22.4 Å². The van der Waals surface area contributed by atoms with E-state index in [1.165, 1.54) is 0 Å². The van der Waals surface area contributed by atoms with E-state index in [1.807, 2.05) is 49.1 Å². The average Bonchev–Trinajstić information content (AvgIpc) is 3.51. The number of hydrogen-bond donors (Lipinski definition) is 0. The van der Waals surface area contributed by atoms with Gasteiger partial charge in [0, 0.05) is 49.2 Å². The molecule has 1 saturated heterocycles. The van der Waals surface area contributed by atoms with Crippen LogP contribution in [0.15, 0.2) is 51.5 Å². The number of anilines is 1. The van der Waals surface area contributed by atoms with Gasteiger partial charge in [-0.2, -0.15) is 4.98 Å². The predicted octanol–water partition coefficient (Wildman–Crippen LogP) is 3.97. The van der Waals surface area contributed by atoms with Gasteiger partial charge in [-0.25, -0.2) is 4.98 Å². The Labute approximate surface area is 190 Å². The Balaban J connectivity index is 1.24. The van der Waals surface area contributed by atoms with E-state index in [2.05, 4.69) is 20.0 Å². The molecule has 4 heterocycles. The summed E-state index contributed by atoms with van der Waals surface area (Å²) in [5, 5.41) is 4.88. The molecule has 3 aromatic heterocycles. The van der Waals surface area contributed by atoms with Crippen molar-refractivity contribution in [2.45, 2.75) is 19.8 Å². The third-order valence-electron chi connectivity index (χ3n) is 5.77. The summed E-state index contributed by atoms with van der Waals surface area (Å²) in [7, 11) is 1.59. The van der Waals surface area contributed by atoms with Crippen molar-refractivity contribution in [3.8, 4) is 17.1 Å². The molecule has 0 aliphatic carbocycles. The molecule has 1 aliphatic heterocycles. The molecule has 0 unspecified atom stereocenters. The fraction of sp³-hybridized carbons (Fsp3) is 0.333. The smallest absolute Gasteiger partial charge is 0.289 e. The number of hydrogen-bond acceptors (Lipinski definition) is 8. The van der Waals surface area contributed by atoms with E-state index in [-0.39, 0.29) is 11.8 Å². The maximum Gasteiger partial charge on any atom is 0.289 e. The second-order valence-electron chi connectivity index (χ2n) is 8.28. The van der Waals surface area contributed by atoms with Crippen LogP contribution in [0.4, 0.5) is 5.82 Å². The molecule has 0 radical (unpaired) electrons. The van der Waals surface area contributed by atoms with Gasteiger partial charge in [0.2, 0.25) is 11.7 Å². The highest BCUT2D eigenvalue weighted by Crippen LogP contribution is 2.29. The Morgan fingerprint density at radius 1 is 1.12 bits per heavy atom. The molecule has 0 spiro atoms. The second kappa shape index (κ2) is 8.57. The summed E-state index contributed by atoms with van der Waals surface area (Å²) in [5.41, 5.74) is 1.40. The Morgan fingerprint density at radius 3 is 2.61 bits per heavy atom. The van der Waals surface area contributed by atoms with Crippen LogP contribution < -0.4 is 9.64 Å². The first-order chi connectivity index (χ1) is 16.0. The third kappa shape index (κ3) is 4.02. The van der Waals surface area contributed by atoms with E-state index in [9.17, 15) is 4.79 Å². The van der Waals surface area contributed by atoms with Crippen molar-refractivity contribution in [2.24, 2.45) is 0 Å². The standard InChI is InChI=1S/C24H25N5O4/c1-15(2)23-26-22(27-33-23)17-7-8-20(25-14-17)28-9-11-29(12-10-28)24(30)19-13-16-5-4-6-18(31-3)21(16)32-19/h4-8,13-15H,9-12H2,1-3H3. The zero-order chi connectivity index (χ0) is 22.9. The minimum absolute atomic E-state index is 0.116. The first-order valence-electron chi connectivity index (χ1n) is 10.9. The van der Waals surface area contributed by atoms with Crippen LogP contribution in [0.5, 0.6) is 5.75 Å². The zero-order valence-corrected chi connectivity index (χ0v) is 18.8. The zero-order valence-electron chi connectivity index (χ0n) is 18.8. The molecule has 5 rings (SSSR count). The molecule has 0 N–H and O–H groups in total. The van der Waals surface area contributed by atoms with Crippen molar-refractivity contribution in [2.75, 3.05) is 38.2 Å². The van der Waals surface area contributed by atoms with Crippen molar-refractivity contribution in [1.82, 2.24) is 20.0 Å². The van der Waals surface area contributed by atoms with Gasteiger partial charge < -0.3 is 23.5 Å². The first-order valence-corrected chi connectivity index (χ1v) is 10.9. The predicted molar refractivity (Wildman–Crippen MR) is 123 cm³/mol. The number of fused-ring (bicyclic) bond motifs is 1. The highest BCUT2D eigenvalue weighted by atomic mass is 16.5. The van der Waals surface area contributed by atoms with Crippen molar-refractivity contribution in [3.63, 3.8) is 0 Å². The first kappa shape index (κ1) is 21.0. The molecule has 9 nitrogen and oxygen atoms in total. The summed E-state index contributed by atoms with van der Waals surface area (Å²) in [4.78, 5) is 26.0. The van der Waals surface area contributed by atoms with Gasteiger partial charge in [-0.1, -0.05) is 31.1 Å². The number of ether oxygens (including phenoxy) is 1. The van der Waals surface area contributed by atoms with Crippen LogP contribution in [0.1, 0.15) is 36.2 Å². The number of rotatable bonds is 5. The van der Waals surface area contributed by atoms with Crippen LogP contribution >= 0.6 is 0 Å². The number of benzene rings is 1. The third-order valence-corrected chi connectivity index (χ3v) is 5.77. The topological polar surface area (TPSA) is 97.7 Å². The fourth-order valence-corrected chi connectivity index (χ4v) is 3.89. The number of carbonyl (C=O) groups excluding carboxylic acids is 1. The van der Waals surface area contributed by atoms with Gasteiger partial charge in [0.05, 0.1) is 7.11 Å². The molecule has 1 aromatic carbocycles. The number of methoxy groups -OCH3 is 1. The summed E-state index contributed by atoms with van der Waals surface area (Å²) in [6.45, 7) is 6.54. The number of piperazine rings is 1. The van der Waals surface area contributed by atoms with Crippen LogP contribution in [-0.2, 0) is 0 Å². The monoisotopic (exact) mass is 447 g/mol. The average molecular weight is 447 g/mol. The number of furan rings is 1. The highest BCUT2D eigenvalue weighted by Gasteiger charge is 2.26. The van der Waals surface area contributed by atoms with Gasteiger partial charge in [-0.15, -0.1) is 0 Å². The quantitative estimate of drug-likeness (QED) is 0.453. The van der Waals surface area contributed by atoms with Gasteiger partial charge in [0.25, 0.3) is 5.91 Å². The SMILES string of the molecule is COc1cccc2cc(C(=O)N3CCN(c4ccc(-c5noc(C(C)C)n5)cn4)CC3)oc12. The van der Waals surface area contributed by atoms with Crippen molar-refractivity contribution >= 4 is 22.7 Å². The summed E-state index contributed by atoms with van der Waals surface area (Å²) >= 11 is 0. The Kier molecular flexibility index (Phi) is 5.45. The van der Waals surface area contributed by atoms with Crippen molar-refractivity contribution in [1.29, 1.82) is 0 Å². The van der Waals surface area contributed by atoms with Gasteiger partial charge in [0.15, 0.2) is 17.1 Å². The molecule has 1 aliphatic rings. The largest absolute Gasteiger partial charge is 0.493 e. The second-order valence-corrected chi connectivity index (χ2v) is 8.28. The maximum atomic E-state index is 13.0. The van der Waals surface area contributed by atoms with E-state index in [0.717, 1.165) is 16.8 Å². The minimum Gasteiger partial charge on any atom is -0.493 e. The molecule has 0 atom stereocenters. The van der Waals surface area contributed by atoms with E-state index in [1.54, 1.807) is 19.4 Å². The lowest BCUT2D eigenvalue weighted by molar-refractivity contribution is 0.0716. The van der Waals surface area contributed by atoms with E-state index < -0.39 is 0 Å². The molecule has 170 valence electrons. The number of para-hydroxylation sites is 1. The van der Waals surface area contributed by atoms with Crippen LogP contribution in [0, 0.1) is 0 Å². The summed E-state index contributed by atoms with van der Waals surface area (Å²) < 4.78 is 16.4. The maximum absolute atomic E-state index is 13.0. The van der Waals surface area contributed by atoms with Crippen LogP contribution in [0.2, 0.25) is 0 Å². The number of carbonyl (C=O) groups is 1. The van der Waals surface area contributed by atoms with Gasteiger partial charge in [-0.3, -0.25) is 4.79 Å².